The van der Waals surface area contributed by atoms with Crippen molar-refractivity contribution >= 4 is 33.8 Å². The molecule has 4 heterocycles. The van der Waals surface area contributed by atoms with Crippen LogP contribution in [0.3, 0.4) is 0 Å². The Labute approximate surface area is 145 Å². The number of pyridine rings is 2. The number of aromatic nitrogens is 6. The van der Waals surface area contributed by atoms with Crippen LogP contribution in [0.4, 0.5) is 0 Å². The molecule has 5 rings (SSSR count). The predicted molar refractivity (Wildman–Crippen MR) is 91.1 cm³/mol. The van der Waals surface area contributed by atoms with E-state index in [1.807, 2.05) is 6.07 Å². The van der Waals surface area contributed by atoms with Crippen molar-refractivity contribution in [2.45, 2.75) is 25.4 Å². The van der Waals surface area contributed by atoms with Crippen LogP contribution in [0.25, 0.3) is 22.2 Å². The van der Waals surface area contributed by atoms with Gasteiger partial charge in [0, 0.05) is 12.2 Å². The number of hydrogen-bond donors (Lipinski definition) is 1. The Balaban J connectivity index is 1.69. The third-order valence-corrected chi connectivity index (χ3v) is 4.72. The maximum absolute atomic E-state index is 12.9. The molecule has 4 aromatic heterocycles. The van der Waals surface area contributed by atoms with Crippen LogP contribution in [-0.2, 0) is 6.54 Å². The van der Waals surface area contributed by atoms with E-state index in [2.05, 4.69) is 15.0 Å². The first-order chi connectivity index (χ1) is 12.1. The molecule has 0 saturated heterocycles. The fourth-order valence-corrected chi connectivity index (χ4v) is 3.33. The van der Waals surface area contributed by atoms with Crippen molar-refractivity contribution in [3.63, 3.8) is 0 Å². The summed E-state index contributed by atoms with van der Waals surface area (Å²) in [5, 5.41) is 10.7. The van der Waals surface area contributed by atoms with Gasteiger partial charge in [0.15, 0.2) is 11.5 Å². The van der Waals surface area contributed by atoms with E-state index >= 15 is 0 Å². The van der Waals surface area contributed by atoms with Gasteiger partial charge >= 0.3 is 5.69 Å². The molecule has 1 fully saturated rings. The molecule has 0 unspecified atom stereocenters. The highest BCUT2D eigenvalue weighted by atomic mass is 35.5. The summed E-state index contributed by atoms with van der Waals surface area (Å²) >= 11 is 5.88. The van der Waals surface area contributed by atoms with Crippen LogP contribution in [0.2, 0.25) is 5.15 Å². The van der Waals surface area contributed by atoms with E-state index in [0.717, 1.165) is 28.6 Å². The van der Waals surface area contributed by atoms with E-state index in [9.17, 15) is 10.0 Å². The molecule has 0 aromatic carbocycles. The largest absolute Gasteiger partial charge is 0.426 e. The molecule has 0 aliphatic heterocycles. The second kappa shape index (κ2) is 5.06. The van der Waals surface area contributed by atoms with Gasteiger partial charge in [-0.05, 0) is 31.0 Å². The van der Waals surface area contributed by atoms with E-state index in [-0.39, 0.29) is 18.3 Å². The SMILES string of the molecule is O=c1n(Cc2nc3nc(Cl)ccc3n2O)c2cnccc2n1C1CC1. The van der Waals surface area contributed by atoms with Crippen molar-refractivity contribution in [2.24, 2.45) is 0 Å². The third-order valence-electron chi connectivity index (χ3n) is 4.50. The third kappa shape index (κ3) is 2.14. The number of halogens is 1. The first kappa shape index (κ1) is 14.5. The average molecular weight is 357 g/mol. The lowest BCUT2D eigenvalue weighted by molar-refractivity contribution is 0.186. The van der Waals surface area contributed by atoms with Crippen molar-refractivity contribution in [1.29, 1.82) is 0 Å². The van der Waals surface area contributed by atoms with Crippen molar-refractivity contribution in [1.82, 2.24) is 28.8 Å². The van der Waals surface area contributed by atoms with Crippen LogP contribution in [0.1, 0.15) is 24.7 Å². The van der Waals surface area contributed by atoms with E-state index in [1.54, 1.807) is 33.7 Å². The molecule has 4 aromatic rings. The Kier molecular flexibility index (Phi) is 2.93. The van der Waals surface area contributed by atoms with Crippen molar-refractivity contribution in [2.75, 3.05) is 0 Å². The monoisotopic (exact) mass is 356 g/mol. The van der Waals surface area contributed by atoms with Gasteiger partial charge in [-0.25, -0.2) is 14.8 Å². The molecule has 0 radical (unpaired) electrons. The second-order valence-corrected chi connectivity index (χ2v) is 6.54. The standard InChI is InChI=1S/C16H13ClN6O2/c17-13-4-3-11-15(19-13)20-14(23(11)25)8-21-12-7-18-6-5-10(12)22(16(21)24)9-1-2-9/h3-7,9,25H,1-2,8H2. The Hall–Kier alpha value is -2.87. The molecular weight excluding hydrogens is 344 g/mol. The first-order valence-electron chi connectivity index (χ1n) is 7.91. The minimum Gasteiger partial charge on any atom is -0.426 e. The predicted octanol–water partition coefficient (Wildman–Crippen LogP) is 2.22. The summed E-state index contributed by atoms with van der Waals surface area (Å²) in [5.74, 6) is 0.311. The summed E-state index contributed by atoms with van der Waals surface area (Å²) in [6.45, 7) is 0.116. The fourth-order valence-electron chi connectivity index (χ4n) is 3.18. The number of fused-ring (bicyclic) bond motifs is 2. The number of rotatable bonds is 3. The van der Waals surface area contributed by atoms with Gasteiger partial charge in [0.1, 0.15) is 10.7 Å². The highest BCUT2D eigenvalue weighted by Crippen LogP contribution is 2.36. The molecule has 1 saturated carbocycles. The van der Waals surface area contributed by atoms with E-state index in [1.165, 1.54) is 0 Å². The molecule has 0 bridgehead atoms. The van der Waals surface area contributed by atoms with Gasteiger partial charge in [-0.3, -0.25) is 14.1 Å². The Morgan fingerprint density at radius 3 is 2.80 bits per heavy atom. The molecule has 9 heteroatoms. The number of imidazole rings is 2. The quantitative estimate of drug-likeness (QED) is 0.449. The van der Waals surface area contributed by atoms with Gasteiger partial charge in [-0.2, -0.15) is 4.73 Å². The van der Waals surface area contributed by atoms with Gasteiger partial charge in [-0.1, -0.05) is 11.6 Å². The second-order valence-electron chi connectivity index (χ2n) is 6.15. The van der Waals surface area contributed by atoms with Crippen molar-refractivity contribution < 1.29 is 5.21 Å². The summed E-state index contributed by atoms with van der Waals surface area (Å²) in [6, 6.07) is 5.30. The van der Waals surface area contributed by atoms with E-state index < -0.39 is 0 Å². The molecule has 25 heavy (non-hydrogen) atoms. The van der Waals surface area contributed by atoms with E-state index in [4.69, 9.17) is 11.6 Å². The Morgan fingerprint density at radius 1 is 1.16 bits per heavy atom. The molecular formula is C16H13ClN6O2. The normalized spacial score (nSPS) is 14.6. The summed E-state index contributed by atoms with van der Waals surface area (Å²) in [6.07, 6.45) is 5.35. The lowest BCUT2D eigenvalue weighted by Gasteiger charge is -2.02. The molecule has 0 atom stereocenters. The summed E-state index contributed by atoms with van der Waals surface area (Å²) in [4.78, 5) is 25.4. The maximum atomic E-state index is 12.9. The molecule has 126 valence electrons. The highest BCUT2D eigenvalue weighted by molar-refractivity contribution is 6.29. The maximum Gasteiger partial charge on any atom is 0.329 e. The van der Waals surface area contributed by atoms with Crippen LogP contribution in [0.5, 0.6) is 0 Å². The zero-order valence-corrected chi connectivity index (χ0v) is 13.8. The van der Waals surface area contributed by atoms with Crippen LogP contribution in [0.15, 0.2) is 35.4 Å². The zero-order valence-electron chi connectivity index (χ0n) is 13.0. The minimum atomic E-state index is -0.122. The van der Waals surface area contributed by atoms with Gasteiger partial charge in [-0.15, -0.1) is 0 Å². The topological polar surface area (TPSA) is 90.8 Å². The van der Waals surface area contributed by atoms with Crippen molar-refractivity contribution in [3.8, 4) is 0 Å². The molecule has 0 spiro atoms. The van der Waals surface area contributed by atoms with E-state index in [0.29, 0.717) is 22.1 Å². The molecule has 1 aliphatic rings. The highest BCUT2D eigenvalue weighted by Gasteiger charge is 2.29. The van der Waals surface area contributed by atoms with Crippen LogP contribution in [0, 0.1) is 0 Å². The Bertz CT molecular complexity index is 1190. The van der Waals surface area contributed by atoms with Gasteiger partial charge in [0.05, 0.1) is 23.8 Å². The molecule has 1 aliphatic carbocycles. The first-order valence-corrected chi connectivity index (χ1v) is 8.29. The number of hydrogen-bond acceptors (Lipinski definition) is 5. The lowest BCUT2D eigenvalue weighted by Crippen LogP contribution is -2.25. The summed E-state index contributed by atoms with van der Waals surface area (Å²) < 4.78 is 4.33. The fraction of sp³-hybridized carbons (Fsp3) is 0.250. The van der Waals surface area contributed by atoms with Crippen molar-refractivity contribution in [3.05, 3.63) is 52.1 Å². The zero-order chi connectivity index (χ0) is 17.1. The average Bonchev–Trinajstić information content (AvgIpc) is 3.34. The summed E-state index contributed by atoms with van der Waals surface area (Å²) in [7, 11) is 0. The minimum absolute atomic E-state index is 0.116. The van der Waals surface area contributed by atoms with Crippen LogP contribution < -0.4 is 5.69 Å². The molecule has 0 amide bonds. The van der Waals surface area contributed by atoms with Crippen LogP contribution >= 0.6 is 11.6 Å². The Morgan fingerprint density at radius 2 is 2.00 bits per heavy atom. The molecule has 1 N–H and O–H groups in total. The smallest absolute Gasteiger partial charge is 0.329 e. The van der Waals surface area contributed by atoms with Crippen LogP contribution in [-0.4, -0.2) is 34.0 Å². The lowest BCUT2D eigenvalue weighted by atomic mass is 10.4. The van der Waals surface area contributed by atoms with Gasteiger partial charge in [0.25, 0.3) is 0 Å². The summed E-state index contributed by atoms with van der Waals surface area (Å²) in [5.41, 5.74) is 2.23. The number of nitrogens with zero attached hydrogens (tertiary/aromatic N) is 6. The molecule has 8 nitrogen and oxygen atoms in total. The van der Waals surface area contributed by atoms with Gasteiger partial charge < -0.3 is 5.21 Å². The van der Waals surface area contributed by atoms with Gasteiger partial charge in [0.2, 0.25) is 0 Å².